The molecular formula is C10H15ClN4. The molecule has 1 aliphatic rings. The van der Waals surface area contributed by atoms with Gasteiger partial charge in [-0.25, -0.2) is 0 Å². The Morgan fingerprint density at radius 2 is 2.40 bits per heavy atom. The highest BCUT2D eigenvalue weighted by Crippen LogP contribution is 2.06. The smallest absolute Gasteiger partial charge is 0.151 e. The number of halogens is 1. The first kappa shape index (κ1) is 10.8. The molecule has 1 aromatic rings. The lowest BCUT2D eigenvalue weighted by atomic mass is 10.1. The minimum Gasteiger partial charge on any atom is -0.316 e. The van der Waals surface area contributed by atoms with Crippen LogP contribution in [0.3, 0.4) is 0 Å². The van der Waals surface area contributed by atoms with Crippen molar-refractivity contribution in [2.24, 2.45) is 5.92 Å². The van der Waals surface area contributed by atoms with Crippen LogP contribution in [0.5, 0.6) is 0 Å². The van der Waals surface area contributed by atoms with E-state index >= 15 is 0 Å². The van der Waals surface area contributed by atoms with Gasteiger partial charge >= 0.3 is 0 Å². The van der Waals surface area contributed by atoms with Crippen molar-refractivity contribution in [1.82, 2.24) is 20.8 Å². The van der Waals surface area contributed by atoms with E-state index in [1.807, 2.05) is 6.07 Å². The summed E-state index contributed by atoms with van der Waals surface area (Å²) in [6.07, 6.45) is 1.26. The van der Waals surface area contributed by atoms with Gasteiger partial charge in [-0.2, -0.15) is 5.10 Å². The van der Waals surface area contributed by atoms with Crippen molar-refractivity contribution in [1.29, 1.82) is 0 Å². The lowest BCUT2D eigenvalue weighted by Gasteiger charge is -2.08. The van der Waals surface area contributed by atoms with Crippen molar-refractivity contribution in [3.05, 3.63) is 23.0 Å². The summed E-state index contributed by atoms with van der Waals surface area (Å²) in [4.78, 5) is 0. The summed E-state index contributed by atoms with van der Waals surface area (Å²) in [7, 11) is 0. The second-order valence-corrected chi connectivity index (χ2v) is 4.22. The highest BCUT2D eigenvalue weighted by atomic mass is 35.5. The topological polar surface area (TPSA) is 49.8 Å². The first-order valence-corrected chi connectivity index (χ1v) is 5.62. The Morgan fingerprint density at radius 3 is 3.07 bits per heavy atom. The highest BCUT2D eigenvalue weighted by Gasteiger charge is 2.13. The average Bonchev–Trinajstić information content (AvgIpc) is 2.74. The zero-order valence-electron chi connectivity index (χ0n) is 8.54. The molecule has 1 aliphatic heterocycles. The molecule has 1 aromatic heterocycles. The maximum atomic E-state index is 5.65. The lowest BCUT2D eigenvalue weighted by Crippen LogP contribution is -2.24. The van der Waals surface area contributed by atoms with Crippen molar-refractivity contribution in [3.63, 3.8) is 0 Å². The first-order valence-electron chi connectivity index (χ1n) is 5.24. The molecule has 0 radical (unpaired) electrons. The molecule has 1 saturated heterocycles. The van der Waals surface area contributed by atoms with Crippen LogP contribution in [0.2, 0.25) is 5.15 Å². The van der Waals surface area contributed by atoms with Gasteiger partial charge in [-0.3, -0.25) is 0 Å². The van der Waals surface area contributed by atoms with Crippen LogP contribution >= 0.6 is 11.6 Å². The van der Waals surface area contributed by atoms with E-state index in [0.717, 1.165) is 37.8 Å². The molecular weight excluding hydrogens is 212 g/mol. The Kier molecular flexibility index (Phi) is 3.88. The predicted octanol–water partition coefficient (Wildman–Crippen LogP) is 0.829. The van der Waals surface area contributed by atoms with Gasteiger partial charge in [-0.1, -0.05) is 11.6 Å². The molecule has 5 heteroatoms. The van der Waals surface area contributed by atoms with Crippen molar-refractivity contribution in [2.75, 3.05) is 19.6 Å². The second-order valence-electron chi connectivity index (χ2n) is 3.84. The van der Waals surface area contributed by atoms with E-state index in [0.29, 0.717) is 5.15 Å². The summed E-state index contributed by atoms with van der Waals surface area (Å²) in [6, 6.07) is 3.66. The summed E-state index contributed by atoms with van der Waals surface area (Å²) in [6.45, 7) is 4.07. The maximum Gasteiger partial charge on any atom is 0.151 e. The fraction of sp³-hybridized carbons (Fsp3) is 0.600. The second kappa shape index (κ2) is 5.39. The van der Waals surface area contributed by atoms with Gasteiger partial charge in [0.25, 0.3) is 0 Å². The Balaban J connectivity index is 1.71. The quantitative estimate of drug-likeness (QED) is 0.799. The van der Waals surface area contributed by atoms with E-state index in [4.69, 9.17) is 11.6 Å². The predicted molar refractivity (Wildman–Crippen MR) is 59.7 cm³/mol. The Morgan fingerprint density at radius 1 is 1.47 bits per heavy atom. The van der Waals surface area contributed by atoms with Crippen molar-refractivity contribution in [2.45, 2.75) is 13.0 Å². The zero-order valence-corrected chi connectivity index (χ0v) is 9.30. The number of aromatic nitrogens is 2. The van der Waals surface area contributed by atoms with Crippen LogP contribution in [-0.4, -0.2) is 29.8 Å². The van der Waals surface area contributed by atoms with E-state index in [1.165, 1.54) is 6.42 Å². The van der Waals surface area contributed by atoms with E-state index in [9.17, 15) is 0 Å². The lowest BCUT2D eigenvalue weighted by molar-refractivity contribution is 0.508. The molecule has 0 aliphatic carbocycles. The molecule has 1 atom stereocenters. The third-order valence-electron chi connectivity index (χ3n) is 2.59. The van der Waals surface area contributed by atoms with Crippen molar-refractivity contribution in [3.8, 4) is 0 Å². The number of nitrogens with one attached hydrogen (secondary N) is 2. The van der Waals surface area contributed by atoms with Gasteiger partial charge in [0.1, 0.15) is 0 Å². The standard InChI is InChI=1S/C10H15ClN4/c11-10-2-1-9(14-15-10)7-13-6-8-3-4-12-5-8/h1-2,8,12-13H,3-7H2. The molecule has 2 heterocycles. The summed E-state index contributed by atoms with van der Waals surface area (Å²) >= 11 is 5.65. The minimum absolute atomic E-state index is 0.443. The van der Waals surface area contributed by atoms with Gasteiger partial charge in [-0.15, -0.1) is 5.10 Å². The van der Waals surface area contributed by atoms with Gasteiger partial charge in [0.2, 0.25) is 0 Å². The molecule has 82 valence electrons. The van der Waals surface area contributed by atoms with Crippen LogP contribution in [0.25, 0.3) is 0 Å². The maximum absolute atomic E-state index is 5.65. The van der Waals surface area contributed by atoms with Gasteiger partial charge in [-0.05, 0) is 44.1 Å². The number of rotatable bonds is 4. The molecule has 1 fully saturated rings. The van der Waals surface area contributed by atoms with Gasteiger partial charge in [0.05, 0.1) is 5.69 Å². The summed E-state index contributed by atoms with van der Waals surface area (Å²) < 4.78 is 0. The van der Waals surface area contributed by atoms with Crippen LogP contribution in [0.1, 0.15) is 12.1 Å². The number of hydrogen-bond donors (Lipinski definition) is 2. The average molecular weight is 227 g/mol. The molecule has 2 rings (SSSR count). The monoisotopic (exact) mass is 226 g/mol. The van der Waals surface area contributed by atoms with Crippen LogP contribution in [0, 0.1) is 5.92 Å². The number of nitrogens with zero attached hydrogens (tertiary/aromatic N) is 2. The Hall–Kier alpha value is -0.710. The van der Waals surface area contributed by atoms with Crippen molar-refractivity contribution < 1.29 is 0 Å². The summed E-state index contributed by atoms with van der Waals surface area (Å²) in [5, 5.41) is 14.9. The fourth-order valence-electron chi connectivity index (χ4n) is 1.73. The molecule has 0 amide bonds. The normalized spacial score (nSPS) is 20.7. The van der Waals surface area contributed by atoms with E-state index in [2.05, 4.69) is 20.8 Å². The van der Waals surface area contributed by atoms with Crippen LogP contribution < -0.4 is 10.6 Å². The summed E-state index contributed by atoms with van der Waals surface area (Å²) in [5.74, 6) is 0.755. The highest BCUT2D eigenvalue weighted by molar-refractivity contribution is 6.29. The SMILES string of the molecule is Clc1ccc(CNCC2CCNC2)nn1. The largest absolute Gasteiger partial charge is 0.316 e. The molecule has 0 aromatic carbocycles. The fourth-order valence-corrected chi connectivity index (χ4v) is 1.83. The Bertz CT molecular complexity index is 295. The minimum atomic E-state index is 0.443. The first-order chi connectivity index (χ1) is 7.34. The van der Waals surface area contributed by atoms with E-state index in [-0.39, 0.29) is 0 Å². The van der Waals surface area contributed by atoms with E-state index < -0.39 is 0 Å². The molecule has 0 bridgehead atoms. The molecule has 0 spiro atoms. The van der Waals surface area contributed by atoms with Gasteiger partial charge < -0.3 is 10.6 Å². The molecule has 4 nitrogen and oxygen atoms in total. The third kappa shape index (κ3) is 3.41. The molecule has 0 saturated carbocycles. The van der Waals surface area contributed by atoms with Gasteiger partial charge in [0, 0.05) is 6.54 Å². The van der Waals surface area contributed by atoms with Crippen LogP contribution in [0.15, 0.2) is 12.1 Å². The van der Waals surface area contributed by atoms with Crippen molar-refractivity contribution >= 4 is 11.6 Å². The molecule has 2 N–H and O–H groups in total. The van der Waals surface area contributed by atoms with Gasteiger partial charge in [0.15, 0.2) is 5.15 Å². The number of hydrogen-bond acceptors (Lipinski definition) is 4. The molecule has 15 heavy (non-hydrogen) atoms. The Labute approximate surface area is 94.4 Å². The van der Waals surface area contributed by atoms with E-state index in [1.54, 1.807) is 6.07 Å². The zero-order chi connectivity index (χ0) is 10.5. The third-order valence-corrected chi connectivity index (χ3v) is 2.79. The molecule has 1 unspecified atom stereocenters. The summed E-state index contributed by atoms with van der Waals surface area (Å²) in [5.41, 5.74) is 0.936. The van der Waals surface area contributed by atoms with Crippen LogP contribution in [-0.2, 0) is 6.54 Å². The van der Waals surface area contributed by atoms with Crippen LogP contribution in [0.4, 0.5) is 0 Å².